The predicted octanol–water partition coefficient (Wildman–Crippen LogP) is 6.47. The first-order valence-corrected chi connectivity index (χ1v) is 13.8. The summed E-state index contributed by atoms with van der Waals surface area (Å²) in [5.41, 5.74) is 4.01. The zero-order chi connectivity index (χ0) is 29.8. The first-order chi connectivity index (χ1) is 17.8. The molecule has 0 radical (unpaired) electrons. The number of hydrogen-bond donors (Lipinski definition) is 1. The summed E-state index contributed by atoms with van der Waals surface area (Å²) in [5.74, 6) is 0.211. The fourth-order valence-electron chi connectivity index (χ4n) is 4.83. The third-order valence-corrected chi connectivity index (χ3v) is 6.94. The second-order valence-electron chi connectivity index (χ2n) is 13.5. The van der Waals surface area contributed by atoms with E-state index in [1.54, 1.807) is 6.08 Å². The Bertz CT molecular complexity index is 1200. The minimum Gasteiger partial charge on any atom is -0.294 e. The lowest BCUT2D eigenvalue weighted by atomic mass is 9.74. The smallest absolute Gasteiger partial charge is 0.253 e. The largest absolute Gasteiger partial charge is 0.294 e. The topological polar surface area (TPSA) is 97.4 Å². The molecule has 0 bridgehead atoms. The van der Waals surface area contributed by atoms with Gasteiger partial charge in [0.2, 0.25) is 5.91 Å². The number of allylic oxidation sites excluding steroid dienone is 8. The van der Waals surface area contributed by atoms with E-state index in [4.69, 9.17) is 0 Å². The lowest BCUT2D eigenvalue weighted by Gasteiger charge is -2.28. The first kappa shape index (κ1) is 32.1. The maximum Gasteiger partial charge on any atom is 0.253 e. The summed E-state index contributed by atoms with van der Waals surface area (Å²) in [6.07, 6.45) is 13.2. The monoisotopic (exact) mass is 535 g/mol. The van der Waals surface area contributed by atoms with Gasteiger partial charge in [-0.05, 0) is 35.2 Å². The molecule has 0 aromatic carbocycles. The van der Waals surface area contributed by atoms with Gasteiger partial charge in [-0.2, -0.15) is 0 Å². The summed E-state index contributed by atoms with van der Waals surface area (Å²) >= 11 is 0. The van der Waals surface area contributed by atoms with Crippen molar-refractivity contribution in [3.63, 3.8) is 0 Å². The molecule has 4 rings (SSSR count). The minimum atomic E-state index is -0.251. The van der Waals surface area contributed by atoms with Crippen LogP contribution >= 0.6 is 0 Å². The molecule has 6 nitrogen and oxygen atoms in total. The van der Waals surface area contributed by atoms with Crippen LogP contribution in [0.2, 0.25) is 0 Å². The van der Waals surface area contributed by atoms with Crippen LogP contribution in [0.3, 0.4) is 0 Å². The van der Waals surface area contributed by atoms with E-state index >= 15 is 0 Å². The molecular weight excluding hydrogens is 490 g/mol. The summed E-state index contributed by atoms with van der Waals surface area (Å²) in [5, 5.41) is 2.29. The predicted molar refractivity (Wildman–Crippen MR) is 155 cm³/mol. The highest BCUT2D eigenvalue weighted by atomic mass is 16.2. The fourth-order valence-corrected chi connectivity index (χ4v) is 4.83. The Kier molecular flexibility index (Phi) is 10.2. The molecule has 0 unspecified atom stereocenters. The van der Waals surface area contributed by atoms with E-state index in [0.29, 0.717) is 31.3 Å². The van der Waals surface area contributed by atoms with Gasteiger partial charge in [-0.1, -0.05) is 92.2 Å². The van der Waals surface area contributed by atoms with Crippen LogP contribution in [0, 0.1) is 16.2 Å². The quantitative estimate of drug-likeness (QED) is 0.358. The Balaban J connectivity index is 0.000000210. The van der Waals surface area contributed by atoms with Crippen molar-refractivity contribution in [2.24, 2.45) is 16.2 Å². The summed E-state index contributed by atoms with van der Waals surface area (Å²) in [4.78, 5) is 57.1. The number of hydrogen-bond acceptors (Lipinski definition) is 5. The number of Topliss-reactive ketones (excluding diaryl/α,β-unsaturated/α-hetero) is 3. The van der Waals surface area contributed by atoms with Crippen molar-refractivity contribution in [2.75, 3.05) is 0 Å². The number of ketones is 3. The summed E-state index contributed by atoms with van der Waals surface area (Å²) in [6.45, 7) is 18.1. The highest BCUT2D eigenvalue weighted by Crippen LogP contribution is 2.37. The fraction of sp³-hybridized carbons (Fsp3) is 0.545. The Labute approximate surface area is 233 Å². The molecule has 212 valence electrons. The SMILES string of the molecule is CC(C)(C)C1=CC2=C(CCCC2=O)CC1=O.CC(C)(C)C1=CC=CCC1=O.CC(C)(C)C1=CCC(=O)NC1=O. The van der Waals surface area contributed by atoms with Crippen molar-refractivity contribution in [2.45, 2.75) is 101 Å². The van der Waals surface area contributed by atoms with E-state index in [2.05, 4.69) is 26.1 Å². The second-order valence-corrected chi connectivity index (χ2v) is 13.5. The van der Waals surface area contributed by atoms with Gasteiger partial charge in [0.05, 0.1) is 0 Å². The Morgan fingerprint density at radius 3 is 1.74 bits per heavy atom. The number of amides is 2. The molecule has 0 saturated carbocycles. The number of rotatable bonds is 0. The van der Waals surface area contributed by atoms with Crippen LogP contribution in [0.1, 0.15) is 101 Å². The molecular formula is C33H45NO5. The van der Waals surface area contributed by atoms with Crippen molar-refractivity contribution in [3.8, 4) is 0 Å². The normalized spacial score (nSPS) is 20.0. The van der Waals surface area contributed by atoms with Crippen LogP contribution < -0.4 is 5.32 Å². The van der Waals surface area contributed by atoms with E-state index < -0.39 is 0 Å². The molecule has 0 fully saturated rings. The molecule has 1 heterocycles. The van der Waals surface area contributed by atoms with Gasteiger partial charge < -0.3 is 0 Å². The molecule has 0 aromatic rings. The molecule has 4 aliphatic rings. The minimum absolute atomic E-state index is 0.00183. The highest BCUT2D eigenvalue weighted by Gasteiger charge is 2.32. The zero-order valence-corrected chi connectivity index (χ0v) is 25.2. The van der Waals surface area contributed by atoms with Crippen LogP contribution in [-0.2, 0) is 24.0 Å². The van der Waals surface area contributed by atoms with Crippen LogP contribution in [0.15, 0.2) is 58.2 Å². The van der Waals surface area contributed by atoms with Gasteiger partial charge in [0.1, 0.15) is 0 Å². The molecule has 39 heavy (non-hydrogen) atoms. The van der Waals surface area contributed by atoms with Gasteiger partial charge in [0.15, 0.2) is 17.3 Å². The van der Waals surface area contributed by atoms with Gasteiger partial charge in [0.25, 0.3) is 5.91 Å². The van der Waals surface area contributed by atoms with E-state index in [1.165, 1.54) is 0 Å². The van der Waals surface area contributed by atoms with Crippen LogP contribution in [-0.4, -0.2) is 29.2 Å². The zero-order valence-electron chi connectivity index (χ0n) is 25.2. The first-order valence-electron chi connectivity index (χ1n) is 13.8. The second kappa shape index (κ2) is 12.4. The van der Waals surface area contributed by atoms with Gasteiger partial charge in [-0.25, -0.2) is 0 Å². The molecule has 0 saturated heterocycles. The third kappa shape index (κ3) is 8.94. The maximum atomic E-state index is 12.0. The molecule has 1 N–H and O–H groups in total. The number of carbonyl (C=O) groups excluding carboxylic acids is 5. The molecule has 3 aliphatic carbocycles. The van der Waals surface area contributed by atoms with Crippen LogP contribution in [0.4, 0.5) is 0 Å². The van der Waals surface area contributed by atoms with E-state index in [1.807, 2.05) is 65.8 Å². The van der Waals surface area contributed by atoms with E-state index in [0.717, 1.165) is 35.1 Å². The highest BCUT2D eigenvalue weighted by molar-refractivity contribution is 6.09. The van der Waals surface area contributed by atoms with Crippen molar-refractivity contribution >= 4 is 29.2 Å². The van der Waals surface area contributed by atoms with Crippen molar-refractivity contribution in [1.82, 2.24) is 5.32 Å². The molecule has 1 aliphatic heterocycles. The lowest BCUT2D eigenvalue weighted by Crippen LogP contribution is -2.38. The summed E-state index contributed by atoms with van der Waals surface area (Å²) in [6, 6.07) is 0. The summed E-state index contributed by atoms with van der Waals surface area (Å²) < 4.78 is 0. The van der Waals surface area contributed by atoms with Gasteiger partial charge >= 0.3 is 0 Å². The molecule has 0 spiro atoms. The van der Waals surface area contributed by atoms with Gasteiger partial charge in [-0.3, -0.25) is 29.3 Å². The number of carbonyl (C=O) groups is 5. The van der Waals surface area contributed by atoms with Crippen molar-refractivity contribution in [3.05, 3.63) is 58.2 Å². The Hall–Kier alpha value is -3.15. The van der Waals surface area contributed by atoms with Crippen molar-refractivity contribution < 1.29 is 24.0 Å². The lowest BCUT2D eigenvalue weighted by molar-refractivity contribution is -0.129. The average molecular weight is 536 g/mol. The van der Waals surface area contributed by atoms with E-state index in [9.17, 15) is 24.0 Å². The van der Waals surface area contributed by atoms with Crippen molar-refractivity contribution in [1.29, 1.82) is 0 Å². The standard InChI is InChI=1S/C14H18O2.C10H14O.C9H13NO2/c1-14(2,3)11-8-10-9(7-13(11)16)5-4-6-12(10)15;1-10(2,3)8-6-4-5-7-9(8)11;1-9(2,3)6-4-5-7(11)10-8(6)12/h8H,4-7H2,1-3H3;4-6H,7H2,1-3H3;4H,5H2,1-3H3,(H,10,11,12). The maximum absolute atomic E-state index is 12.0. The van der Waals surface area contributed by atoms with E-state index in [-0.39, 0.29) is 45.4 Å². The molecule has 0 aromatic heterocycles. The number of imide groups is 1. The van der Waals surface area contributed by atoms with Crippen LogP contribution in [0.25, 0.3) is 0 Å². The molecule has 0 atom stereocenters. The Morgan fingerprint density at radius 2 is 1.26 bits per heavy atom. The third-order valence-electron chi connectivity index (χ3n) is 6.94. The summed E-state index contributed by atoms with van der Waals surface area (Å²) in [7, 11) is 0. The number of nitrogens with one attached hydrogen (secondary N) is 1. The molecule has 2 amide bonds. The Morgan fingerprint density at radius 1 is 0.667 bits per heavy atom. The van der Waals surface area contributed by atoms with Gasteiger partial charge in [0, 0.05) is 48.0 Å². The van der Waals surface area contributed by atoms with Crippen LogP contribution in [0.5, 0.6) is 0 Å². The molecule has 6 heteroatoms. The average Bonchev–Trinajstić information content (AvgIpc) is 2.77. The van der Waals surface area contributed by atoms with Gasteiger partial charge in [-0.15, -0.1) is 0 Å².